The Morgan fingerprint density at radius 2 is 1.63 bits per heavy atom. The largest absolute Gasteiger partial charge is 0.452 e. The molecule has 3 aromatic carbocycles. The van der Waals surface area contributed by atoms with Gasteiger partial charge in [0.2, 0.25) is 0 Å². The van der Waals surface area contributed by atoms with Crippen molar-refractivity contribution < 1.29 is 14.3 Å². The smallest absolute Gasteiger partial charge is 0.339 e. The van der Waals surface area contributed by atoms with E-state index in [4.69, 9.17) is 21.6 Å². The minimum Gasteiger partial charge on any atom is -0.452 e. The summed E-state index contributed by atoms with van der Waals surface area (Å²) in [7, 11) is 0. The first-order valence-electron chi connectivity index (χ1n) is 9.05. The van der Waals surface area contributed by atoms with Crippen LogP contribution in [0.15, 0.2) is 78.9 Å². The van der Waals surface area contributed by atoms with Gasteiger partial charge in [-0.3, -0.25) is 4.79 Å². The average molecular weight is 417 g/mol. The van der Waals surface area contributed by atoms with Gasteiger partial charge < -0.3 is 10.1 Å². The number of halogens is 1. The number of carbonyl (C=O) groups excluding carboxylic acids is 2. The highest BCUT2D eigenvalue weighted by molar-refractivity contribution is 6.30. The van der Waals surface area contributed by atoms with Crippen LogP contribution in [0.1, 0.15) is 16.7 Å². The molecule has 0 aliphatic heterocycles. The molecular formula is C24H17ClN2O3. The Kier molecular flexibility index (Phi) is 6.99. The maximum absolute atomic E-state index is 12.8. The predicted octanol–water partition coefficient (Wildman–Crippen LogP) is 4.93. The Morgan fingerprint density at radius 1 is 0.967 bits per heavy atom. The fourth-order valence-electron chi connectivity index (χ4n) is 2.69. The second-order valence-corrected chi connectivity index (χ2v) is 6.69. The third kappa shape index (κ3) is 5.57. The number of nitriles is 1. The van der Waals surface area contributed by atoms with Crippen molar-refractivity contribution >= 4 is 40.8 Å². The summed E-state index contributed by atoms with van der Waals surface area (Å²) < 4.78 is 5.23. The Labute approximate surface area is 179 Å². The van der Waals surface area contributed by atoms with Gasteiger partial charge in [0.05, 0.1) is 16.8 Å². The minimum absolute atomic E-state index is 0.295. The van der Waals surface area contributed by atoms with E-state index in [1.807, 2.05) is 36.4 Å². The van der Waals surface area contributed by atoms with E-state index in [-0.39, 0.29) is 0 Å². The lowest BCUT2D eigenvalue weighted by molar-refractivity contribution is -0.141. The molecule has 0 bridgehead atoms. The highest BCUT2D eigenvalue weighted by atomic mass is 35.5. The van der Waals surface area contributed by atoms with Crippen LogP contribution in [0.3, 0.4) is 0 Å². The number of anilines is 1. The lowest BCUT2D eigenvalue weighted by Crippen LogP contribution is -2.21. The van der Waals surface area contributed by atoms with Crippen molar-refractivity contribution in [1.29, 1.82) is 5.26 Å². The molecule has 1 amide bonds. The van der Waals surface area contributed by atoms with Crippen LogP contribution in [0, 0.1) is 11.3 Å². The Bertz CT molecular complexity index is 1120. The molecule has 3 aromatic rings. The van der Waals surface area contributed by atoms with E-state index < -0.39 is 18.5 Å². The molecule has 0 unspecified atom stereocenters. The summed E-state index contributed by atoms with van der Waals surface area (Å²) in [4.78, 5) is 25.0. The van der Waals surface area contributed by atoms with Gasteiger partial charge in [-0.1, -0.05) is 66.2 Å². The van der Waals surface area contributed by atoms with Crippen molar-refractivity contribution in [2.75, 3.05) is 11.9 Å². The molecule has 0 saturated carbocycles. The second kappa shape index (κ2) is 10.1. The summed E-state index contributed by atoms with van der Waals surface area (Å²) in [6, 6.07) is 24.7. The predicted molar refractivity (Wildman–Crippen MR) is 117 cm³/mol. The van der Waals surface area contributed by atoms with E-state index in [9.17, 15) is 9.59 Å². The van der Waals surface area contributed by atoms with Crippen LogP contribution in [0.2, 0.25) is 5.02 Å². The molecular weight excluding hydrogens is 400 g/mol. The number of benzene rings is 3. The number of ether oxygens (including phenoxy) is 1. The quantitative estimate of drug-likeness (QED) is 0.351. The van der Waals surface area contributed by atoms with Crippen LogP contribution in [-0.2, 0) is 14.3 Å². The number of nitrogens with one attached hydrogen (secondary N) is 1. The Morgan fingerprint density at radius 3 is 2.33 bits per heavy atom. The fourth-order valence-corrected chi connectivity index (χ4v) is 2.82. The van der Waals surface area contributed by atoms with Gasteiger partial charge in [0.1, 0.15) is 6.07 Å². The highest BCUT2D eigenvalue weighted by Gasteiger charge is 2.16. The van der Waals surface area contributed by atoms with E-state index in [1.165, 1.54) is 0 Å². The summed E-state index contributed by atoms with van der Waals surface area (Å²) >= 11 is 5.95. The SMILES string of the molecule is N#Cc1ccccc1NC(=O)COC(=O)/C(=C/c1ccccc1)c1ccc(Cl)cc1. The lowest BCUT2D eigenvalue weighted by Gasteiger charge is -2.10. The minimum atomic E-state index is -0.648. The molecule has 0 atom stereocenters. The van der Waals surface area contributed by atoms with E-state index >= 15 is 0 Å². The maximum atomic E-state index is 12.8. The van der Waals surface area contributed by atoms with Crippen LogP contribution in [0.5, 0.6) is 0 Å². The normalized spacial score (nSPS) is 10.7. The van der Waals surface area contributed by atoms with Gasteiger partial charge in [0, 0.05) is 5.02 Å². The van der Waals surface area contributed by atoms with Crippen LogP contribution >= 0.6 is 11.6 Å². The first-order chi connectivity index (χ1) is 14.6. The van der Waals surface area contributed by atoms with Crippen molar-refractivity contribution in [2.24, 2.45) is 0 Å². The van der Waals surface area contributed by atoms with Gasteiger partial charge in [-0.15, -0.1) is 0 Å². The number of carbonyl (C=O) groups is 2. The molecule has 0 aliphatic rings. The van der Waals surface area contributed by atoms with Gasteiger partial charge >= 0.3 is 5.97 Å². The molecule has 148 valence electrons. The third-order valence-corrected chi connectivity index (χ3v) is 4.39. The van der Waals surface area contributed by atoms with Gasteiger partial charge in [0.15, 0.2) is 6.61 Å². The summed E-state index contributed by atoms with van der Waals surface area (Å²) in [6.07, 6.45) is 1.69. The number of amides is 1. The van der Waals surface area contributed by atoms with Gasteiger partial charge in [-0.05, 0) is 41.5 Å². The zero-order valence-electron chi connectivity index (χ0n) is 15.8. The standard InChI is InChI=1S/C24H17ClN2O3/c25-20-12-10-18(11-13-20)21(14-17-6-2-1-3-7-17)24(29)30-16-23(28)27-22-9-5-4-8-19(22)15-26/h1-14H,16H2,(H,27,28)/b21-14+. The lowest BCUT2D eigenvalue weighted by atomic mass is 10.0. The van der Waals surface area contributed by atoms with Crippen molar-refractivity contribution in [3.8, 4) is 6.07 Å². The number of hydrogen-bond acceptors (Lipinski definition) is 4. The van der Waals surface area contributed by atoms with Crippen LogP contribution in [-0.4, -0.2) is 18.5 Å². The summed E-state index contributed by atoms with van der Waals surface area (Å²) in [5, 5.41) is 12.2. The van der Waals surface area contributed by atoms with Crippen LogP contribution < -0.4 is 5.32 Å². The number of rotatable bonds is 6. The van der Waals surface area contributed by atoms with Crippen molar-refractivity contribution in [2.45, 2.75) is 0 Å². The van der Waals surface area contributed by atoms with E-state index in [2.05, 4.69) is 5.32 Å². The maximum Gasteiger partial charge on any atom is 0.339 e. The molecule has 0 aromatic heterocycles. The number of para-hydroxylation sites is 1. The van der Waals surface area contributed by atoms with Crippen molar-refractivity contribution in [3.05, 3.63) is 101 Å². The Hall–Kier alpha value is -3.88. The zero-order valence-corrected chi connectivity index (χ0v) is 16.6. The molecule has 0 radical (unpaired) electrons. The average Bonchev–Trinajstić information content (AvgIpc) is 2.77. The molecule has 30 heavy (non-hydrogen) atoms. The molecule has 0 aliphatic carbocycles. The molecule has 0 saturated heterocycles. The molecule has 6 heteroatoms. The summed E-state index contributed by atoms with van der Waals surface area (Å²) in [5.41, 5.74) is 2.40. The van der Waals surface area contributed by atoms with Gasteiger partial charge in [0.25, 0.3) is 5.91 Å². The molecule has 0 fully saturated rings. The molecule has 0 heterocycles. The van der Waals surface area contributed by atoms with Crippen molar-refractivity contribution in [1.82, 2.24) is 0 Å². The van der Waals surface area contributed by atoms with E-state index in [0.29, 0.717) is 27.4 Å². The van der Waals surface area contributed by atoms with Gasteiger partial charge in [-0.2, -0.15) is 5.26 Å². The topological polar surface area (TPSA) is 79.2 Å². The van der Waals surface area contributed by atoms with Crippen LogP contribution in [0.4, 0.5) is 5.69 Å². The number of nitrogens with zero attached hydrogens (tertiary/aromatic N) is 1. The second-order valence-electron chi connectivity index (χ2n) is 6.26. The van der Waals surface area contributed by atoms with E-state index in [0.717, 1.165) is 5.56 Å². The number of esters is 1. The van der Waals surface area contributed by atoms with Crippen LogP contribution in [0.25, 0.3) is 11.6 Å². The summed E-state index contributed by atoms with van der Waals surface area (Å²) in [5.74, 6) is -1.19. The van der Waals surface area contributed by atoms with Crippen molar-refractivity contribution in [3.63, 3.8) is 0 Å². The summed E-state index contributed by atoms with van der Waals surface area (Å²) in [6.45, 7) is -0.488. The molecule has 5 nitrogen and oxygen atoms in total. The third-order valence-electron chi connectivity index (χ3n) is 4.14. The van der Waals surface area contributed by atoms with E-state index in [1.54, 1.807) is 54.6 Å². The zero-order chi connectivity index (χ0) is 21.3. The first kappa shape index (κ1) is 20.8. The molecule has 3 rings (SSSR count). The first-order valence-corrected chi connectivity index (χ1v) is 9.43. The molecule has 1 N–H and O–H groups in total. The molecule has 0 spiro atoms. The fraction of sp³-hybridized carbons (Fsp3) is 0.0417. The highest BCUT2D eigenvalue weighted by Crippen LogP contribution is 2.22. The monoisotopic (exact) mass is 416 g/mol. The number of hydrogen-bond donors (Lipinski definition) is 1. The Balaban J connectivity index is 1.75. The van der Waals surface area contributed by atoms with Gasteiger partial charge in [-0.25, -0.2) is 4.79 Å².